The highest BCUT2D eigenvalue weighted by atomic mass is 16.3. The number of rotatable bonds is 13. The van der Waals surface area contributed by atoms with E-state index < -0.39 is 23.6 Å². The molecular weight excluding hydrogens is 656 g/mol. The van der Waals surface area contributed by atoms with Gasteiger partial charge in [-0.15, -0.1) is 0 Å². The zero-order valence-corrected chi connectivity index (χ0v) is 28.1. The van der Waals surface area contributed by atoms with Gasteiger partial charge in [0.15, 0.2) is 0 Å². The molecule has 2 aromatic carbocycles. The number of primary amides is 2. The number of imidazole rings is 2. The zero-order valence-electron chi connectivity index (χ0n) is 28.1. The van der Waals surface area contributed by atoms with Crippen molar-refractivity contribution in [2.45, 2.75) is 47.0 Å². The maximum atomic E-state index is 13.4. The van der Waals surface area contributed by atoms with Crippen molar-refractivity contribution in [1.29, 1.82) is 0 Å². The average molecular weight is 693 g/mol. The second-order valence-electron chi connectivity index (χ2n) is 11.7. The number of amides is 4. The lowest BCUT2D eigenvalue weighted by Gasteiger charge is -2.10. The summed E-state index contributed by atoms with van der Waals surface area (Å²) in [6.45, 7) is 6.37. The van der Waals surface area contributed by atoms with Crippen LogP contribution in [0.4, 0.5) is 11.9 Å². The highest BCUT2D eigenvalue weighted by Gasteiger charge is 2.20. The molecule has 0 atom stereocenters. The van der Waals surface area contributed by atoms with Gasteiger partial charge in [0.2, 0.25) is 23.7 Å². The number of benzene rings is 2. The zero-order chi connectivity index (χ0) is 36.4. The van der Waals surface area contributed by atoms with Gasteiger partial charge in [-0.25, -0.2) is 9.97 Å². The number of carbonyl (C=O) groups is 4. The molecule has 17 heteroatoms. The summed E-state index contributed by atoms with van der Waals surface area (Å²) in [5, 5.41) is 23.8. The molecule has 0 fully saturated rings. The van der Waals surface area contributed by atoms with E-state index in [-0.39, 0.29) is 55.0 Å². The minimum absolute atomic E-state index is 0.134. The van der Waals surface area contributed by atoms with Crippen molar-refractivity contribution in [2.24, 2.45) is 11.5 Å². The number of hydrogen-bond acceptors (Lipinski definition) is 9. The van der Waals surface area contributed by atoms with Crippen molar-refractivity contribution in [3.8, 4) is 0 Å². The van der Waals surface area contributed by atoms with Gasteiger partial charge >= 0.3 is 0 Å². The molecule has 6 aromatic rings. The first-order chi connectivity index (χ1) is 24.5. The predicted molar refractivity (Wildman–Crippen MR) is 188 cm³/mol. The van der Waals surface area contributed by atoms with Crippen LogP contribution < -0.4 is 22.1 Å². The number of allylic oxidation sites excluding steroid dienone is 2. The van der Waals surface area contributed by atoms with E-state index in [0.29, 0.717) is 45.7 Å². The first-order valence-electron chi connectivity index (χ1n) is 16.0. The molecule has 262 valence electrons. The molecule has 0 aliphatic heterocycles. The molecule has 6 rings (SSSR count). The Bertz CT molecular complexity index is 2360. The van der Waals surface area contributed by atoms with Gasteiger partial charge in [0.1, 0.15) is 11.4 Å². The second-order valence-corrected chi connectivity index (χ2v) is 11.7. The predicted octanol–water partition coefficient (Wildman–Crippen LogP) is 2.37. The van der Waals surface area contributed by atoms with E-state index in [1.54, 1.807) is 76.2 Å². The number of nitrogens with zero attached hydrogens (tertiary/aromatic N) is 8. The van der Waals surface area contributed by atoms with Crippen LogP contribution in [0.1, 0.15) is 60.0 Å². The summed E-state index contributed by atoms with van der Waals surface area (Å²) in [4.78, 5) is 59.7. The third-order valence-corrected chi connectivity index (χ3v) is 8.14. The molecule has 4 heterocycles. The Balaban J connectivity index is 1.31. The number of aromatic nitrogens is 8. The van der Waals surface area contributed by atoms with E-state index in [1.165, 1.54) is 4.68 Å². The summed E-state index contributed by atoms with van der Waals surface area (Å²) < 4.78 is 6.56. The number of nitrogens with one attached hydrogen (secondary N) is 2. The summed E-state index contributed by atoms with van der Waals surface area (Å²) in [5.74, 6) is -1.65. The van der Waals surface area contributed by atoms with E-state index >= 15 is 0 Å². The van der Waals surface area contributed by atoms with Gasteiger partial charge < -0.3 is 25.7 Å². The molecule has 7 N–H and O–H groups in total. The van der Waals surface area contributed by atoms with Crippen LogP contribution >= 0.6 is 0 Å². The number of nitrogens with two attached hydrogens (primary N) is 2. The second kappa shape index (κ2) is 14.1. The van der Waals surface area contributed by atoms with E-state index in [1.807, 2.05) is 19.1 Å². The Hall–Kier alpha value is -6.62. The van der Waals surface area contributed by atoms with Crippen molar-refractivity contribution in [1.82, 2.24) is 38.7 Å². The van der Waals surface area contributed by atoms with Crippen LogP contribution in [0.15, 0.2) is 60.7 Å². The first-order valence-corrected chi connectivity index (χ1v) is 16.0. The first kappa shape index (κ1) is 34.3. The van der Waals surface area contributed by atoms with Crippen LogP contribution in [-0.2, 0) is 26.2 Å². The van der Waals surface area contributed by atoms with E-state index in [4.69, 9.17) is 11.5 Å². The summed E-state index contributed by atoms with van der Waals surface area (Å²) in [6.07, 6.45) is 3.71. The van der Waals surface area contributed by atoms with E-state index in [0.717, 1.165) is 0 Å². The minimum Gasteiger partial charge on any atom is -0.394 e. The van der Waals surface area contributed by atoms with Crippen molar-refractivity contribution < 1.29 is 24.3 Å². The van der Waals surface area contributed by atoms with E-state index in [2.05, 4.69) is 30.8 Å². The maximum Gasteiger partial charge on any atom is 0.276 e. The normalized spacial score (nSPS) is 11.5. The lowest BCUT2D eigenvalue weighted by molar-refractivity contribution is 0.0992. The summed E-state index contributed by atoms with van der Waals surface area (Å²) in [7, 11) is 0. The molecule has 0 saturated heterocycles. The van der Waals surface area contributed by atoms with Gasteiger partial charge in [0.05, 0.1) is 46.6 Å². The largest absolute Gasteiger partial charge is 0.394 e. The van der Waals surface area contributed by atoms with Crippen molar-refractivity contribution >= 4 is 57.6 Å². The average Bonchev–Trinajstić information content (AvgIpc) is 3.85. The number of anilines is 2. The topological polar surface area (TPSA) is 236 Å². The van der Waals surface area contributed by atoms with Crippen molar-refractivity contribution in [2.75, 3.05) is 17.2 Å². The fourth-order valence-corrected chi connectivity index (χ4v) is 5.78. The minimum atomic E-state index is -0.618. The fraction of sp³-hybridized carbons (Fsp3) is 0.235. The third-order valence-electron chi connectivity index (χ3n) is 8.14. The lowest BCUT2D eigenvalue weighted by atomic mass is 10.2. The Morgan fingerprint density at radius 2 is 1.18 bits per heavy atom. The fourth-order valence-electron chi connectivity index (χ4n) is 5.78. The number of aryl methyl sites for hydroxylation is 3. The standard InChI is InChI=1S/C34H36N12O5/c1-4-45-27(15-19(2)41-45)31(50)39-33-37-23-17-21(29(35)48)7-9-25(23)43(33)11-5-6-12-44-26-10-8-22(30(36)49)18-24(26)38-34(44)40-32(51)28-16-20(3)42-46(28)13-14-47/h5-10,15-18,47H,4,11-14H2,1-3H3,(H2,35,48)(H2,36,49)(H,37,39,50)(H,38,40,51). The molecule has 17 nitrogen and oxygen atoms in total. The molecule has 0 bridgehead atoms. The molecule has 0 radical (unpaired) electrons. The summed E-state index contributed by atoms with van der Waals surface area (Å²) in [5.41, 5.74) is 15.6. The summed E-state index contributed by atoms with van der Waals surface area (Å²) in [6, 6.07) is 13.0. The van der Waals surface area contributed by atoms with Crippen molar-refractivity contribution in [3.05, 3.63) is 94.6 Å². The van der Waals surface area contributed by atoms with Gasteiger partial charge in [0.25, 0.3) is 11.8 Å². The lowest BCUT2D eigenvalue weighted by Crippen LogP contribution is -2.21. The molecule has 4 amide bonds. The van der Waals surface area contributed by atoms with Gasteiger partial charge in [-0.05, 0) is 69.3 Å². The number of hydrogen-bond donors (Lipinski definition) is 5. The third kappa shape index (κ3) is 6.95. The van der Waals surface area contributed by atoms with Crippen LogP contribution in [0.25, 0.3) is 22.1 Å². The van der Waals surface area contributed by atoms with E-state index in [9.17, 15) is 24.3 Å². The molecule has 4 aromatic heterocycles. The maximum absolute atomic E-state index is 13.4. The Morgan fingerprint density at radius 1 is 0.725 bits per heavy atom. The molecule has 0 unspecified atom stereocenters. The number of carbonyl (C=O) groups excluding carboxylic acids is 4. The van der Waals surface area contributed by atoms with Gasteiger partial charge in [-0.2, -0.15) is 10.2 Å². The van der Waals surface area contributed by atoms with Gasteiger partial charge in [-0.3, -0.25) is 39.2 Å². The van der Waals surface area contributed by atoms with Crippen LogP contribution in [0.3, 0.4) is 0 Å². The summed E-state index contributed by atoms with van der Waals surface area (Å²) >= 11 is 0. The Kier molecular flexibility index (Phi) is 9.46. The van der Waals surface area contributed by atoms with Crippen LogP contribution in [-0.4, -0.2) is 74.0 Å². The SMILES string of the molecule is CCn1nc(C)cc1C(=O)Nc1nc2cc(C(N)=O)ccc2n1CC=CCn1c(NC(=O)c2cc(C)nn2CCO)nc2cc(C(N)=O)ccc21. The highest BCUT2D eigenvalue weighted by Crippen LogP contribution is 2.24. The molecule has 51 heavy (non-hydrogen) atoms. The monoisotopic (exact) mass is 692 g/mol. The molecular formula is C34H36N12O5. The van der Waals surface area contributed by atoms with Gasteiger partial charge in [0, 0.05) is 30.8 Å². The van der Waals surface area contributed by atoms with Crippen molar-refractivity contribution in [3.63, 3.8) is 0 Å². The smallest absolute Gasteiger partial charge is 0.276 e. The number of aliphatic hydroxyl groups is 1. The van der Waals surface area contributed by atoms with Crippen LogP contribution in [0.2, 0.25) is 0 Å². The Morgan fingerprint density at radius 3 is 1.61 bits per heavy atom. The quantitative estimate of drug-likeness (QED) is 0.112. The number of fused-ring (bicyclic) bond motifs is 2. The highest BCUT2D eigenvalue weighted by molar-refractivity contribution is 6.04. The van der Waals surface area contributed by atoms with Crippen LogP contribution in [0.5, 0.6) is 0 Å². The molecule has 0 saturated carbocycles. The van der Waals surface area contributed by atoms with Crippen LogP contribution in [0, 0.1) is 13.8 Å². The molecule has 0 spiro atoms. The molecule has 0 aliphatic rings. The van der Waals surface area contributed by atoms with Gasteiger partial charge in [-0.1, -0.05) is 12.2 Å². The molecule has 0 aliphatic carbocycles. The number of aliphatic hydroxyl groups excluding tert-OH is 1. The Labute approximate surface area is 290 Å².